The molecule has 1 fully saturated rings. The van der Waals surface area contributed by atoms with Gasteiger partial charge in [-0.2, -0.15) is 0 Å². The van der Waals surface area contributed by atoms with E-state index in [2.05, 4.69) is 19.9 Å². The van der Waals surface area contributed by atoms with Crippen molar-refractivity contribution in [1.82, 2.24) is 29.5 Å². The summed E-state index contributed by atoms with van der Waals surface area (Å²) >= 11 is 0. The second-order valence-corrected chi connectivity index (χ2v) is 9.87. The summed E-state index contributed by atoms with van der Waals surface area (Å²) in [4.78, 5) is 20.0. The van der Waals surface area contributed by atoms with E-state index in [0.29, 0.717) is 22.7 Å². The highest BCUT2D eigenvalue weighted by molar-refractivity contribution is 7.84. The van der Waals surface area contributed by atoms with Crippen molar-refractivity contribution in [1.29, 1.82) is 0 Å². The lowest BCUT2D eigenvalue weighted by atomic mass is 10.0. The fraction of sp³-hybridized carbons (Fsp3) is 0.192. The van der Waals surface area contributed by atoms with Crippen molar-refractivity contribution < 1.29 is 8.60 Å². The second-order valence-electron chi connectivity index (χ2n) is 8.60. The SMILES string of the molecule is CS(=O)c1nccc(-c2cccc(-c3cnc4ccc(N5CCC[C@@H]5c5cccc(F)c5)nn34)n2)n1. The Hall–Kier alpha value is -4.05. The summed E-state index contributed by atoms with van der Waals surface area (Å²) in [5.41, 5.74) is 4.31. The number of imidazole rings is 1. The summed E-state index contributed by atoms with van der Waals surface area (Å²) in [6, 6.07) is 18.1. The van der Waals surface area contributed by atoms with Gasteiger partial charge in [0, 0.05) is 19.0 Å². The molecule has 1 aliphatic rings. The molecule has 8 nitrogen and oxygen atoms in total. The van der Waals surface area contributed by atoms with E-state index in [1.54, 1.807) is 41.4 Å². The van der Waals surface area contributed by atoms with Gasteiger partial charge in [-0.25, -0.2) is 28.8 Å². The van der Waals surface area contributed by atoms with E-state index >= 15 is 0 Å². The van der Waals surface area contributed by atoms with Gasteiger partial charge in [-0.3, -0.25) is 4.21 Å². The Morgan fingerprint density at radius 1 is 0.972 bits per heavy atom. The number of pyridine rings is 1. The monoisotopic (exact) mass is 499 g/mol. The van der Waals surface area contributed by atoms with Gasteiger partial charge < -0.3 is 4.90 Å². The fourth-order valence-electron chi connectivity index (χ4n) is 4.63. The number of rotatable bonds is 5. The van der Waals surface area contributed by atoms with E-state index in [9.17, 15) is 8.60 Å². The van der Waals surface area contributed by atoms with Crippen LogP contribution < -0.4 is 4.90 Å². The van der Waals surface area contributed by atoms with Crippen molar-refractivity contribution in [2.24, 2.45) is 0 Å². The van der Waals surface area contributed by atoms with Crippen molar-refractivity contribution in [2.45, 2.75) is 24.0 Å². The molecule has 1 aliphatic heterocycles. The van der Waals surface area contributed by atoms with Gasteiger partial charge in [0.1, 0.15) is 17.3 Å². The van der Waals surface area contributed by atoms with Crippen LogP contribution in [0, 0.1) is 5.82 Å². The van der Waals surface area contributed by atoms with E-state index in [0.717, 1.165) is 36.5 Å². The lowest BCUT2D eigenvalue weighted by Gasteiger charge is -2.26. The zero-order valence-corrected chi connectivity index (χ0v) is 20.3. The van der Waals surface area contributed by atoms with Crippen molar-refractivity contribution in [3.05, 3.63) is 84.4 Å². The molecule has 1 unspecified atom stereocenters. The molecule has 5 heterocycles. The Balaban J connectivity index is 1.38. The maximum absolute atomic E-state index is 13.9. The van der Waals surface area contributed by atoms with Crippen molar-refractivity contribution in [3.63, 3.8) is 0 Å². The second kappa shape index (κ2) is 9.19. The van der Waals surface area contributed by atoms with Gasteiger partial charge in [0.05, 0.1) is 40.1 Å². The van der Waals surface area contributed by atoms with Gasteiger partial charge in [-0.05, 0) is 60.9 Å². The number of anilines is 1. The normalized spacial score (nSPS) is 16.5. The van der Waals surface area contributed by atoms with Crippen LogP contribution in [-0.4, -0.2) is 46.6 Å². The Morgan fingerprint density at radius 2 is 1.81 bits per heavy atom. The van der Waals surface area contributed by atoms with Crippen LogP contribution in [0.3, 0.4) is 0 Å². The summed E-state index contributed by atoms with van der Waals surface area (Å²) < 4.78 is 27.5. The average molecular weight is 500 g/mol. The van der Waals surface area contributed by atoms with Crippen molar-refractivity contribution >= 4 is 22.3 Å². The van der Waals surface area contributed by atoms with E-state index < -0.39 is 10.8 Å². The Kier molecular flexibility index (Phi) is 5.73. The molecule has 0 radical (unpaired) electrons. The molecular formula is C26H22FN7OS. The van der Waals surface area contributed by atoms with Crippen molar-refractivity contribution in [2.75, 3.05) is 17.7 Å². The van der Waals surface area contributed by atoms with Crippen LogP contribution in [0.25, 0.3) is 28.4 Å². The van der Waals surface area contributed by atoms with Gasteiger partial charge in [0.2, 0.25) is 5.16 Å². The molecule has 1 saturated heterocycles. The zero-order chi connectivity index (χ0) is 24.6. The van der Waals surface area contributed by atoms with E-state index in [1.165, 1.54) is 6.07 Å². The van der Waals surface area contributed by atoms with Gasteiger partial charge in [-0.1, -0.05) is 18.2 Å². The predicted octanol–water partition coefficient (Wildman–Crippen LogP) is 4.47. The minimum atomic E-state index is -1.29. The highest BCUT2D eigenvalue weighted by Crippen LogP contribution is 2.35. The molecule has 0 spiro atoms. The van der Waals surface area contributed by atoms with Crippen molar-refractivity contribution in [3.8, 4) is 22.8 Å². The van der Waals surface area contributed by atoms with E-state index in [-0.39, 0.29) is 17.0 Å². The summed E-state index contributed by atoms with van der Waals surface area (Å²) in [6.07, 6.45) is 6.82. The molecule has 180 valence electrons. The number of nitrogens with zero attached hydrogens (tertiary/aromatic N) is 7. The molecule has 0 aliphatic carbocycles. The molecule has 0 bridgehead atoms. The maximum atomic E-state index is 13.9. The number of fused-ring (bicyclic) bond motifs is 1. The molecule has 0 N–H and O–H groups in total. The topological polar surface area (TPSA) is 89.2 Å². The minimum Gasteiger partial charge on any atom is -0.348 e. The standard InChI is InChI=1S/C26H22FN7OS/c1-36(35)26-28-13-12-20(31-26)19-7-3-8-21(30-19)23-16-29-24-10-11-25(32-34(23)24)33-14-4-9-22(33)17-5-2-6-18(27)15-17/h2-3,5-8,10-13,15-16,22H,4,9,14H2,1H3/t22-,36?/m1/s1. The molecule has 10 heteroatoms. The van der Waals surface area contributed by atoms with E-state index in [4.69, 9.17) is 10.1 Å². The molecule has 0 amide bonds. The van der Waals surface area contributed by atoms with Crippen LogP contribution in [0.2, 0.25) is 0 Å². The fourth-order valence-corrected chi connectivity index (χ4v) is 5.07. The Morgan fingerprint density at radius 3 is 2.67 bits per heavy atom. The first kappa shape index (κ1) is 22.4. The molecule has 1 aromatic carbocycles. The number of hydrogen-bond donors (Lipinski definition) is 0. The lowest BCUT2D eigenvalue weighted by Crippen LogP contribution is -2.24. The smallest absolute Gasteiger partial charge is 0.218 e. The van der Waals surface area contributed by atoms with Gasteiger partial charge in [0.15, 0.2) is 5.65 Å². The highest BCUT2D eigenvalue weighted by Gasteiger charge is 2.28. The lowest BCUT2D eigenvalue weighted by molar-refractivity contribution is 0.617. The predicted molar refractivity (Wildman–Crippen MR) is 135 cm³/mol. The molecule has 4 aromatic heterocycles. The summed E-state index contributed by atoms with van der Waals surface area (Å²) in [6.45, 7) is 0.840. The average Bonchev–Trinajstić information content (AvgIpc) is 3.56. The van der Waals surface area contributed by atoms with Crippen LogP contribution >= 0.6 is 0 Å². The van der Waals surface area contributed by atoms with E-state index in [1.807, 2.05) is 36.4 Å². The first-order valence-electron chi connectivity index (χ1n) is 11.6. The van der Waals surface area contributed by atoms with Gasteiger partial charge in [0.25, 0.3) is 0 Å². The zero-order valence-electron chi connectivity index (χ0n) is 19.5. The molecule has 6 rings (SSSR count). The van der Waals surface area contributed by atoms with Gasteiger partial charge >= 0.3 is 0 Å². The van der Waals surface area contributed by atoms with Gasteiger partial charge in [-0.15, -0.1) is 5.10 Å². The molecule has 5 aromatic rings. The summed E-state index contributed by atoms with van der Waals surface area (Å²) in [7, 11) is -1.29. The first-order chi connectivity index (χ1) is 17.6. The Labute approximate surface area is 209 Å². The van der Waals surface area contributed by atoms with Crippen LogP contribution in [0.5, 0.6) is 0 Å². The third-order valence-corrected chi connectivity index (χ3v) is 7.00. The summed E-state index contributed by atoms with van der Waals surface area (Å²) in [5, 5.41) is 5.18. The summed E-state index contributed by atoms with van der Waals surface area (Å²) in [5.74, 6) is 0.571. The van der Waals surface area contributed by atoms with Crippen LogP contribution in [0.4, 0.5) is 10.2 Å². The molecule has 2 atom stereocenters. The minimum absolute atomic E-state index is 0.0650. The third kappa shape index (κ3) is 4.13. The number of aromatic nitrogens is 6. The largest absolute Gasteiger partial charge is 0.348 e. The van der Waals surface area contributed by atoms with Crippen LogP contribution in [-0.2, 0) is 10.8 Å². The third-order valence-electron chi connectivity index (χ3n) is 6.29. The highest BCUT2D eigenvalue weighted by atomic mass is 32.2. The maximum Gasteiger partial charge on any atom is 0.218 e. The Bertz CT molecular complexity index is 1600. The molecule has 36 heavy (non-hydrogen) atoms. The number of hydrogen-bond acceptors (Lipinski definition) is 7. The molecular weight excluding hydrogens is 477 g/mol. The number of benzene rings is 1. The quantitative estimate of drug-likeness (QED) is 0.330. The van der Waals surface area contributed by atoms with Crippen LogP contribution in [0.1, 0.15) is 24.4 Å². The molecule has 0 saturated carbocycles. The number of halogens is 1. The van der Waals surface area contributed by atoms with Crippen LogP contribution in [0.15, 0.2) is 78.2 Å². The first-order valence-corrected chi connectivity index (χ1v) is 13.1.